The quantitative estimate of drug-likeness (QED) is 0.474. The van der Waals surface area contributed by atoms with Crippen LogP contribution in [0.1, 0.15) is 44.2 Å². The maximum absolute atomic E-state index is 13.5. The molecular weight excluding hydrogens is 424 g/mol. The van der Waals surface area contributed by atoms with Gasteiger partial charge in [0.15, 0.2) is 0 Å². The van der Waals surface area contributed by atoms with E-state index in [1.165, 1.54) is 0 Å². The fourth-order valence-electron chi connectivity index (χ4n) is 4.68. The van der Waals surface area contributed by atoms with Crippen molar-refractivity contribution in [1.29, 1.82) is 0 Å². The van der Waals surface area contributed by atoms with Crippen LogP contribution < -0.4 is 10.6 Å². The van der Waals surface area contributed by atoms with Gasteiger partial charge in [0.05, 0.1) is 11.4 Å². The maximum Gasteiger partial charge on any atom is 0.251 e. The second kappa shape index (κ2) is 8.63. The van der Waals surface area contributed by atoms with Crippen LogP contribution in [0.4, 0.5) is 5.82 Å². The van der Waals surface area contributed by atoms with E-state index in [2.05, 4.69) is 16.7 Å². The van der Waals surface area contributed by atoms with E-state index in [0.717, 1.165) is 33.6 Å². The topological polar surface area (TPSA) is 76.0 Å². The first-order valence-corrected chi connectivity index (χ1v) is 11.3. The van der Waals surface area contributed by atoms with E-state index in [-0.39, 0.29) is 17.7 Å². The molecule has 6 heteroatoms. The van der Waals surface area contributed by atoms with Crippen LogP contribution in [0, 0.1) is 20.8 Å². The maximum atomic E-state index is 13.5. The Balaban J connectivity index is 1.63. The first-order valence-electron chi connectivity index (χ1n) is 11.3. The predicted molar refractivity (Wildman–Crippen MR) is 132 cm³/mol. The molecule has 1 aliphatic rings. The molecule has 34 heavy (non-hydrogen) atoms. The van der Waals surface area contributed by atoms with Crippen molar-refractivity contribution in [3.8, 4) is 5.69 Å². The van der Waals surface area contributed by atoms with E-state index in [1.54, 1.807) is 10.7 Å². The molecule has 2 atom stereocenters. The summed E-state index contributed by atoms with van der Waals surface area (Å²) in [7, 11) is 0. The van der Waals surface area contributed by atoms with E-state index in [9.17, 15) is 9.59 Å². The Morgan fingerprint density at radius 2 is 1.62 bits per heavy atom. The van der Waals surface area contributed by atoms with Crippen molar-refractivity contribution in [3.63, 3.8) is 0 Å². The van der Waals surface area contributed by atoms with Crippen LogP contribution in [0.25, 0.3) is 5.69 Å². The Morgan fingerprint density at radius 3 is 2.32 bits per heavy atom. The lowest BCUT2D eigenvalue weighted by Crippen LogP contribution is -2.50. The number of nitrogens with one attached hydrogen (secondary N) is 2. The average molecular weight is 451 g/mol. The fourth-order valence-corrected chi connectivity index (χ4v) is 4.68. The van der Waals surface area contributed by atoms with Crippen molar-refractivity contribution >= 4 is 17.6 Å². The molecule has 0 radical (unpaired) electrons. The Kier molecular flexibility index (Phi) is 5.49. The zero-order valence-electron chi connectivity index (χ0n) is 19.4. The van der Waals surface area contributed by atoms with Gasteiger partial charge < -0.3 is 10.6 Å². The van der Waals surface area contributed by atoms with E-state index >= 15 is 0 Å². The third-order valence-electron chi connectivity index (χ3n) is 6.24. The van der Waals surface area contributed by atoms with Crippen LogP contribution in [0.5, 0.6) is 0 Å². The molecule has 0 bridgehead atoms. The number of aromatic nitrogens is 2. The number of anilines is 1. The second-order valence-corrected chi connectivity index (χ2v) is 8.80. The summed E-state index contributed by atoms with van der Waals surface area (Å²) in [5, 5.41) is 10.8. The number of amides is 2. The summed E-state index contributed by atoms with van der Waals surface area (Å²) in [5.74, 6) is -0.286. The van der Waals surface area contributed by atoms with Crippen molar-refractivity contribution in [2.45, 2.75) is 32.7 Å². The third-order valence-corrected chi connectivity index (χ3v) is 6.24. The summed E-state index contributed by atoms with van der Waals surface area (Å²) in [5.41, 5.74) is 6.13. The molecule has 0 saturated carbocycles. The van der Waals surface area contributed by atoms with Gasteiger partial charge in [-0.1, -0.05) is 65.7 Å². The zero-order valence-corrected chi connectivity index (χ0v) is 19.4. The standard InChI is InChI=1S/C28H26N4O2/c1-17-9-7-11-20(15-17)24-23-19(3)31-32(22-13-5-4-6-14-22)26(23)30-28(34)25(24)29-27(33)21-12-8-10-18(2)16-21/h4-16,24-25H,1-3H3,(H,29,33)(H,30,34)/t24-,25-/m0/s1. The number of hydrogen-bond donors (Lipinski definition) is 2. The van der Waals surface area contributed by atoms with Gasteiger partial charge in [0.2, 0.25) is 5.91 Å². The number of nitrogens with zero attached hydrogens (tertiary/aromatic N) is 2. The molecule has 2 N–H and O–H groups in total. The van der Waals surface area contributed by atoms with E-state index in [4.69, 9.17) is 5.10 Å². The van der Waals surface area contributed by atoms with Crippen LogP contribution >= 0.6 is 0 Å². The lowest BCUT2D eigenvalue weighted by molar-refractivity contribution is -0.118. The summed E-state index contributed by atoms with van der Waals surface area (Å²) in [6.07, 6.45) is 0. The average Bonchev–Trinajstić information content (AvgIpc) is 3.15. The highest BCUT2D eigenvalue weighted by Crippen LogP contribution is 2.40. The number of rotatable bonds is 4. The number of fused-ring (bicyclic) bond motifs is 1. The first kappa shape index (κ1) is 21.6. The van der Waals surface area contributed by atoms with Crippen LogP contribution in [0.15, 0.2) is 78.9 Å². The highest BCUT2D eigenvalue weighted by Gasteiger charge is 2.41. The largest absolute Gasteiger partial charge is 0.339 e. The van der Waals surface area contributed by atoms with Crippen molar-refractivity contribution in [3.05, 3.63) is 112 Å². The predicted octanol–water partition coefficient (Wildman–Crippen LogP) is 4.68. The smallest absolute Gasteiger partial charge is 0.251 e. The van der Waals surface area contributed by atoms with Gasteiger partial charge in [0, 0.05) is 17.0 Å². The Labute approximate surface area is 198 Å². The van der Waals surface area contributed by atoms with Crippen LogP contribution in [0.3, 0.4) is 0 Å². The minimum absolute atomic E-state index is 0.267. The Morgan fingerprint density at radius 1 is 0.912 bits per heavy atom. The molecule has 2 heterocycles. The molecule has 170 valence electrons. The van der Waals surface area contributed by atoms with Crippen molar-refractivity contribution in [2.24, 2.45) is 0 Å². The number of carbonyl (C=O) groups is 2. The molecule has 0 saturated heterocycles. The fraction of sp³-hybridized carbons (Fsp3) is 0.179. The zero-order chi connectivity index (χ0) is 23.8. The van der Waals surface area contributed by atoms with Gasteiger partial charge in [-0.3, -0.25) is 9.59 Å². The Hall–Kier alpha value is -4.19. The minimum atomic E-state index is -0.783. The van der Waals surface area contributed by atoms with Gasteiger partial charge in [0.1, 0.15) is 11.9 Å². The molecule has 0 unspecified atom stereocenters. The second-order valence-electron chi connectivity index (χ2n) is 8.80. The SMILES string of the molecule is Cc1cccc(C(=O)N[C@@H]2C(=O)Nc3c(c(C)nn3-c3ccccc3)[C@@H]2c2cccc(C)c2)c1. The molecule has 3 aromatic carbocycles. The van der Waals surface area contributed by atoms with E-state index < -0.39 is 6.04 Å². The molecule has 0 aliphatic carbocycles. The minimum Gasteiger partial charge on any atom is -0.339 e. The van der Waals surface area contributed by atoms with Gasteiger partial charge in [-0.25, -0.2) is 4.68 Å². The molecule has 5 rings (SSSR count). The monoisotopic (exact) mass is 450 g/mol. The lowest BCUT2D eigenvalue weighted by Gasteiger charge is -2.33. The summed E-state index contributed by atoms with van der Waals surface area (Å²) in [4.78, 5) is 26.7. The lowest BCUT2D eigenvalue weighted by atomic mass is 9.81. The highest BCUT2D eigenvalue weighted by atomic mass is 16.2. The van der Waals surface area contributed by atoms with Crippen molar-refractivity contribution < 1.29 is 9.59 Å². The van der Waals surface area contributed by atoms with E-state index in [0.29, 0.717) is 11.4 Å². The van der Waals surface area contributed by atoms with Gasteiger partial charge >= 0.3 is 0 Å². The van der Waals surface area contributed by atoms with Gasteiger partial charge in [-0.05, 0) is 50.6 Å². The normalized spacial score (nSPS) is 17.1. The third kappa shape index (κ3) is 3.88. The molecule has 1 aromatic heterocycles. The number of benzene rings is 3. The van der Waals surface area contributed by atoms with Crippen LogP contribution in [-0.4, -0.2) is 27.6 Å². The summed E-state index contributed by atoms with van der Waals surface area (Å²) in [6.45, 7) is 5.90. The summed E-state index contributed by atoms with van der Waals surface area (Å²) < 4.78 is 1.77. The summed E-state index contributed by atoms with van der Waals surface area (Å²) in [6, 6.07) is 24.4. The van der Waals surface area contributed by atoms with Gasteiger partial charge in [0.25, 0.3) is 5.91 Å². The van der Waals surface area contributed by atoms with Crippen molar-refractivity contribution in [2.75, 3.05) is 5.32 Å². The van der Waals surface area contributed by atoms with Gasteiger partial charge in [-0.2, -0.15) is 5.10 Å². The van der Waals surface area contributed by atoms with Gasteiger partial charge in [-0.15, -0.1) is 0 Å². The Bertz CT molecular complexity index is 1390. The molecule has 0 spiro atoms. The highest BCUT2D eigenvalue weighted by molar-refractivity contribution is 6.04. The number of aryl methyl sites for hydroxylation is 3. The molecule has 1 aliphatic heterocycles. The van der Waals surface area contributed by atoms with E-state index in [1.807, 2.05) is 87.5 Å². The summed E-state index contributed by atoms with van der Waals surface area (Å²) >= 11 is 0. The molecule has 4 aromatic rings. The molecule has 6 nitrogen and oxygen atoms in total. The number of carbonyl (C=O) groups excluding carboxylic acids is 2. The van der Waals surface area contributed by atoms with Crippen molar-refractivity contribution in [1.82, 2.24) is 15.1 Å². The first-order chi connectivity index (χ1) is 16.4. The van der Waals surface area contributed by atoms with Crippen LogP contribution in [0.2, 0.25) is 0 Å². The molecule has 0 fully saturated rings. The number of para-hydroxylation sites is 1. The van der Waals surface area contributed by atoms with Crippen LogP contribution in [-0.2, 0) is 4.79 Å². The number of hydrogen-bond acceptors (Lipinski definition) is 3. The molecule has 2 amide bonds. The molecular formula is C28H26N4O2.